The molecule has 1 rings (SSSR count). The summed E-state index contributed by atoms with van der Waals surface area (Å²) >= 11 is 0. The molecule has 0 aliphatic rings. The van der Waals surface area contributed by atoms with E-state index in [9.17, 15) is 36.3 Å². The smallest absolute Gasteiger partial charge is 0.479 e. The number of carboxylic acid groups (broad SMARTS) is 1. The fourth-order valence-electron chi connectivity index (χ4n) is 2.57. The molecule has 1 aromatic rings. The number of ether oxygens (including phenoxy) is 1. The standard InChI is InChI=1S/C19H26F3NO7S/c1-16(2,3)18(14(24)25,23-15(26)29-17(4,5)6)11-12-7-9-13(10-8-12)30-31(27,28)19(20,21)22/h7-10H,11H2,1-6H3,(H,23,26)(H,24,25)/t18-/m0/s1. The number of halogens is 3. The molecular formula is C19H26F3NO7S. The molecule has 8 nitrogen and oxygen atoms in total. The predicted molar refractivity (Wildman–Crippen MR) is 105 cm³/mol. The normalized spacial score (nSPS) is 15.0. The number of hydrogen-bond donors (Lipinski definition) is 2. The van der Waals surface area contributed by atoms with Crippen LogP contribution in [-0.2, 0) is 26.1 Å². The van der Waals surface area contributed by atoms with Crippen molar-refractivity contribution in [2.24, 2.45) is 5.41 Å². The molecule has 31 heavy (non-hydrogen) atoms. The van der Waals surface area contributed by atoms with Gasteiger partial charge in [-0.25, -0.2) is 9.59 Å². The first-order valence-electron chi connectivity index (χ1n) is 9.04. The Morgan fingerprint density at radius 1 is 1.00 bits per heavy atom. The second kappa shape index (κ2) is 8.56. The van der Waals surface area contributed by atoms with Gasteiger partial charge in [0.1, 0.15) is 16.9 Å². The molecule has 176 valence electrons. The summed E-state index contributed by atoms with van der Waals surface area (Å²) in [6.07, 6.45) is -1.22. The van der Waals surface area contributed by atoms with Crippen LogP contribution in [0.1, 0.15) is 47.1 Å². The summed E-state index contributed by atoms with van der Waals surface area (Å²) in [7, 11) is -5.84. The highest BCUT2D eigenvalue weighted by molar-refractivity contribution is 7.88. The zero-order valence-corrected chi connectivity index (χ0v) is 18.8. The average molecular weight is 469 g/mol. The van der Waals surface area contributed by atoms with Gasteiger partial charge in [0.2, 0.25) is 0 Å². The van der Waals surface area contributed by atoms with Crippen molar-refractivity contribution in [3.63, 3.8) is 0 Å². The Morgan fingerprint density at radius 3 is 1.84 bits per heavy atom. The first kappa shape index (κ1) is 26.5. The van der Waals surface area contributed by atoms with Gasteiger partial charge in [-0.05, 0) is 43.9 Å². The number of benzene rings is 1. The number of alkyl halides is 3. The van der Waals surface area contributed by atoms with Crippen molar-refractivity contribution >= 4 is 22.2 Å². The van der Waals surface area contributed by atoms with Crippen LogP contribution >= 0.6 is 0 Å². The molecule has 0 unspecified atom stereocenters. The molecule has 0 saturated heterocycles. The van der Waals surface area contributed by atoms with Gasteiger partial charge in [0.15, 0.2) is 0 Å². The van der Waals surface area contributed by atoms with Crippen LogP contribution in [-0.4, -0.2) is 42.2 Å². The molecule has 0 radical (unpaired) electrons. The summed E-state index contributed by atoms with van der Waals surface area (Å²) in [5, 5.41) is 12.4. The molecule has 0 fully saturated rings. The maximum atomic E-state index is 12.4. The van der Waals surface area contributed by atoms with Gasteiger partial charge in [0.05, 0.1) is 0 Å². The fraction of sp³-hybridized carbons (Fsp3) is 0.579. The number of rotatable bonds is 6. The Bertz CT molecular complexity index is 914. The quantitative estimate of drug-likeness (QED) is 0.480. The molecule has 0 saturated carbocycles. The van der Waals surface area contributed by atoms with Crippen LogP contribution in [0.25, 0.3) is 0 Å². The van der Waals surface area contributed by atoms with Crippen molar-refractivity contribution < 1.29 is 45.2 Å². The minimum Gasteiger partial charge on any atom is -0.479 e. The zero-order valence-electron chi connectivity index (χ0n) is 18.0. The number of carboxylic acids is 1. The third kappa shape index (κ3) is 6.74. The largest absolute Gasteiger partial charge is 0.534 e. The molecular weight excluding hydrogens is 443 g/mol. The molecule has 0 aliphatic heterocycles. The van der Waals surface area contributed by atoms with Crippen LogP contribution in [0.2, 0.25) is 0 Å². The molecule has 1 atom stereocenters. The van der Waals surface area contributed by atoms with Crippen LogP contribution < -0.4 is 9.50 Å². The second-order valence-corrected chi connectivity index (χ2v) is 10.4. The van der Waals surface area contributed by atoms with Gasteiger partial charge >= 0.3 is 27.7 Å². The fourth-order valence-corrected chi connectivity index (χ4v) is 3.03. The maximum Gasteiger partial charge on any atom is 0.534 e. The second-order valence-electron chi connectivity index (χ2n) is 8.89. The van der Waals surface area contributed by atoms with Crippen LogP contribution in [0.5, 0.6) is 5.75 Å². The van der Waals surface area contributed by atoms with Crippen molar-refractivity contribution in [2.75, 3.05) is 0 Å². The highest BCUT2D eigenvalue weighted by atomic mass is 32.2. The van der Waals surface area contributed by atoms with Crippen LogP contribution in [0.15, 0.2) is 24.3 Å². The van der Waals surface area contributed by atoms with E-state index in [-0.39, 0.29) is 6.42 Å². The summed E-state index contributed by atoms with van der Waals surface area (Å²) in [4.78, 5) is 24.6. The average Bonchev–Trinajstić information content (AvgIpc) is 2.51. The Balaban J connectivity index is 3.24. The molecule has 2 N–H and O–H groups in total. The highest BCUT2D eigenvalue weighted by Crippen LogP contribution is 2.35. The van der Waals surface area contributed by atoms with E-state index in [2.05, 4.69) is 9.50 Å². The Morgan fingerprint density at radius 2 is 1.48 bits per heavy atom. The van der Waals surface area contributed by atoms with E-state index in [1.165, 1.54) is 12.1 Å². The lowest BCUT2D eigenvalue weighted by molar-refractivity contribution is -0.150. The Kier molecular flexibility index (Phi) is 7.33. The molecule has 0 heterocycles. The van der Waals surface area contributed by atoms with Gasteiger partial charge in [-0.1, -0.05) is 32.9 Å². The Hall–Kier alpha value is -2.50. The summed E-state index contributed by atoms with van der Waals surface area (Å²) in [5.74, 6) is -1.95. The topological polar surface area (TPSA) is 119 Å². The number of carbonyl (C=O) groups excluding carboxylic acids is 1. The van der Waals surface area contributed by atoms with Gasteiger partial charge in [-0.3, -0.25) is 0 Å². The van der Waals surface area contributed by atoms with Gasteiger partial charge in [0, 0.05) is 6.42 Å². The van der Waals surface area contributed by atoms with Crippen LogP contribution in [0.3, 0.4) is 0 Å². The zero-order chi connectivity index (χ0) is 24.5. The summed E-state index contributed by atoms with van der Waals surface area (Å²) < 4.78 is 68.8. The van der Waals surface area contributed by atoms with Crippen molar-refractivity contribution in [2.45, 2.75) is 64.6 Å². The van der Waals surface area contributed by atoms with E-state index >= 15 is 0 Å². The maximum absolute atomic E-state index is 12.4. The lowest BCUT2D eigenvalue weighted by atomic mass is 9.70. The third-order valence-corrected chi connectivity index (χ3v) is 5.22. The van der Waals surface area contributed by atoms with Crippen molar-refractivity contribution in [3.05, 3.63) is 29.8 Å². The number of alkyl carbamates (subject to hydrolysis) is 1. The minimum atomic E-state index is -5.84. The van der Waals surface area contributed by atoms with Crippen molar-refractivity contribution in [3.8, 4) is 5.75 Å². The number of hydrogen-bond acceptors (Lipinski definition) is 6. The monoisotopic (exact) mass is 469 g/mol. The summed E-state index contributed by atoms with van der Waals surface area (Å²) in [6, 6.07) is 4.34. The van der Waals surface area contributed by atoms with E-state index in [0.717, 1.165) is 12.1 Å². The number of aliphatic carboxylic acids is 1. The van der Waals surface area contributed by atoms with E-state index in [1.54, 1.807) is 41.5 Å². The van der Waals surface area contributed by atoms with E-state index < -0.39 is 50.0 Å². The molecule has 1 amide bonds. The molecule has 0 spiro atoms. The first-order valence-corrected chi connectivity index (χ1v) is 10.5. The third-order valence-electron chi connectivity index (χ3n) is 4.24. The number of carbonyl (C=O) groups is 2. The number of nitrogens with one attached hydrogen (secondary N) is 1. The summed E-state index contributed by atoms with van der Waals surface area (Å²) in [5.41, 5.74) is -9.05. The number of amides is 1. The first-order chi connectivity index (χ1) is 13.7. The van der Waals surface area contributed by atoms with E-state index in [1.807, 2.05) is 0 Å². The minimum absolute atomic E-state index is 0.266. The lowest BCUT2D eigenvalue weighted by Gasteiger charge is -2.42. The van der Waals surface area contributed by atoms with Crippen molar-refractivity contribution in [1.82, 2.24) is 5.32 Å². The SMILES string of the molecule is CC(C)(C)OC(=O)N[C@@](Cc1ccc(OS(=O)(=O)C(F)(F)F)cc1)(C(=O)O)C(C)(C)C. The van der Waals surface area contributed by atoms with Gasteiger partial charge in [0.25, 0.3) is 0 Å². The van der Waals surface area contributed by atoms with Gasteiger partial charge < -0.3 is 19.3 Å². The molecule has 1 aromatic carbocycles. The van der Waals surface area contributed by atoms with Crippen LogP contribution in [0.4, 0.5) is 18.0 Å². The molecule has 12 heteroatoms. The summed E-state index contributed by atoms with van der Waals surface area (Å²) in [6.45, 7) is 9.60. The molecule has 0 aromatic heterocycles. The highest BCUT2D eigenvalue weighted by Gasteiger charge is 2.51. The van der Waals surface area contributed by atoms with Crippen LogP contribution in [0, 0.1) is 5.41 Å². The predicted octanol–water partition coefficient (Wildman–Crippen LogP) is 3.85. The van der Waals surface area contributed by atoms with Gasteiger partial charge in [-0.15, -0.1) is 0 Å². The van der Waals surface area contributed by atoms with Gasteiger partial charge in [-0.2, -0.15) is 21.6 Å². The van der Waals surface area contributed by atoms with E-state index in [0.29, 0.717) is 5.56 Å². The van der Waals surface area contributed by atoms with Crippen molar-refractivity contribution in [1.29, 1.82) is 0 Å². The van der Waals surface area contributed by atoms with E-state index in [4.69, 9.17) is 4.74 Å². The molecule has 0 bridgehead atoms. The lowest BCUT2D eigenvalue weighted by Crippen LogP contribution is -2.64. The molecule has 0 aliphatic carbocycles. The Labute approximate surface area is 178 Å².